The number of rotatable bonds is 7. The summed E-state index contributed by atoms with van der Waals surface area (Å²) in [4.78, 5) is 41.5. The molecule has 1 saturated heterocycles. The van der Waals surface area contributed by atoms with E-state index >= 15 is 4.39 Å². The van der Waals surface area contributed by atoms with Crippen molar-refractivity contribution in [2.75, 3.05) is 36.4 Å². The number of hydrogen-bond donors (Lipinski definition) is 2. The molecule has 1 aliphatic heterocycles. The molecule has 11 heteroatoms. The number of carboxylic acids is 1. The molecule has 4 aromatic carbocycles. The van der Waals surface area contributed by atoms with Gasteiger partial charge in [-0.2, -0.15) is 0 Å². The third kappa shape index (κ3) is 6.43. The smallest absolute Gasteiger partial charge is 0.341 e. The summed E-state index contributed by atoms with van der Waals surface area (Å²) in [6.45, 7) is 2.94. The summed E-state index contributed by atoms with van der Waals surface area (Å²) in [7, 11) is 0. The molecule has 228 valence electrons. The first kappa shape index (κ1) is 30.0. The standard InChI is InChI=1S/C34H27ClF2N4O4/c35-23-2-1-3-25(16-23)38-33(43)22-6-4-21(5-7-22)19-39-12-14-40(15-13-39)31-18-30-27(17-29(31)37)32(42)28(34(44)45)20-41(30)26-10-8-24(36)9-11-26/h1-11,16-18,20H,12-15,19H2,(H,38,43)(H,44,45). The first-order valence-electron chi connectivity index (χ1n) is 14.2. The minimum Gasteiger partial charge on any atom is -0.477 e. The van der Waals surface area contributed by atoms with Crippen molar-refractivity contribution in [3.8, 4) is 5.69 Å². The maximum Gasteiger partial charge on any atom is 0.341 e. The molecule has 6 rings (SSSR count). The number of halogens is 3. The van der Waals surface area contributed by atoms with Crippen LogP contribution in [0.25, 0.3) is 16.6 Å². The van der Waals surface area contributed by atoms with E-state index in [-0.39, 0.29) is 17.0 Å². The molecule has 0 atom stereocenters. The lowest BCUT2D eigenvalue weighted by Gasteiger charge is -2.36. The van der Waals surface area contributed by atoms with Crippen LogP contribution in [0.5, 0.6) is 0 Å². The summed E-state index contributed by atoms with van der Waals surface area (Å²) in [6, 6.07) is 22.3. The van der Waals surface area contributed by atoms with Gasteiger partial charge >= 0.3 is 5.97 Å². The Morgan fingerprint density at radius 2 is 1.60 bits per heavy atom. The van der Waals surface area contributed by atoms with Gasteiger partial charge in [0, 0.05) is 66.3 Å². The second kappa shape index (κ2) is 12.5. The zero-order valence-electron chi connectivity index (χ0n) is 23.8. The summed E-state index contributed by atoms with van der Waals surface area (Å²) < 4.78 is 30.6. The Kier molecular flexibility index (Phi) is 8.34. The fourth-order valence-electron chi connectivity index (χ4n) is 5.48. The highest BCUT2D eigenvalue weighted by Gasteiger charge is 2.23. The van der Waals surface area contributed by atoms with Gasteiger partial charge in [0.05, 0.1) is 11.2 Å². The van der Waals surface area contributed by atoms with E-state index in [1.807, 2.05) is 17.0 Å². The lowest BCUT2D eigenvalue weighted by Crippen LogP contribution is -2.46. The van der Waals surface area contributed by atoms with Gasteiger partial charge in [0.25, 0.3) is 5.91 Å². The van der Waals surface area contributed by atoms with Crippen LogP contribution in [0.1, 0.15) is 26.3 Å². The summed E-state index contributed by atoms with van der Waals surface area (Å²) in [5.41, 5.74) is 1.88. The van der Waals surface area contributed by atoms with Crippen LogP contribution in [0.4, 0.5) is 20.2 Å². The molecule has 1 aromatic heterocycles. The largest absolute Gasteiger partial charge is 0.477 e. The second-order valence-corrected chi connectivity index (χ2v) is 11.2. The molecule has 8 nitrogen and oxygen atoms in total. The number of aromatic carboxylic acids is 1. The Morgan fingerprint density at radius 3 is 2.27 bits per heavy atom. The van der Waals surface area contributed by atoms with Crippen LogP contribution < -0.4 is 15.6 Å². The highest BCUT2D eigenvalue weighted by molar-refractivity contribution is 6.31. The van der Waals surface area contributed by atoms with Gasteiger partial charge in [-0.3, -0.25) is 14.5 Å². The van der Waals surface area contributed by atoms with Crippen LogP contribution in [0.15, 0.2) is 95.9 Å². The monoisotopic (exact) mass is 628 g/mol. The van der Waals surface area contributed by atoms with Crippen molar-refractivity contribution in [1.82, 2.24) is 9.47 Å². The van der Waals surface area contributed by atoms with Crippen molar-refractivity contribution < 1.29 is 23.5 Å². The SMILES string of the molecule is O=C(Nc1cccc(Cl)c1)c1ccc(CN2CCN(c3cc4c(cc3F)c(=O)c(C(=O)O)cn4-c3ccc(F)cc3)CC2)cc1. The molecule has 1 fully saturated rings. The molecule has 1 aliphatic rings. The summed E-state index contributed by atoms with van der Waals surface area (Å²) in [6.07, 6.45) is 1.19. The molecule has 0 aliphatic carbocycles. The summed E-state index contributed by atoms with van der Waals surface area (Å²) >= 11 is 6.00. The number of fused-ring (bicyclic) bond motifs is 1. The molecule has 2 heterocycles. The molecule has 0 radical (unpaired) electrons. The third-order valence-corrected chi connectivity index (χ3v) is 8.06. The minimum atomic E-state index is -1.44. The number of carbonyl (C=O) groups is 2. The molecular formula is C34H27ClF2N4O4. The number of aromatic nitrogens is 1. The van der Waals surface area contributed by atoms with Gasteiger partial charge < -0.3 is 19.9 Å². The highest BCUT2D eigenvalue weighted by atomic mass is 35.5. The number of anilines is 2. The number of carbonyl (C=O) groups excluding carboxylic acids is 1. The maximum atomic E-state index is 15.5. The van der Waals surface area contributed by atoms with Gasteiger partial charge in [-0.25, -0.2) is 13.6 Å². The number of hydrogen-bond acceptors (Lipinski definition) is 5. The fourth-order valence-corrected chi connectivity index (χ4v) is 5.67. The van der Waals surface area contributed by atoms with Crippen LogP contribution in [0, 0.1) is 11.6 Å². The van der Waals surface area contributed by atoms with E-state index in [0.29, 0.717) is 60.2 Å². The van der Waals surface area contributed by atoms with Crippen LogP contribution >= 0.6 is 11.6 Å². The van der Waals surface area contributed by atoms with E-state index < -0.39 is 28.6 Å². The Hall–Kier alpha value is -5.06. The van der Waals surface area contributed by atoms with Crippen LogP contribution in [-0.4, -0.2) is 52.6 Å². The van der Waals surface area contributed by atoms with Crippen molar-refractivity contribution in [2.45, 2.75) is 6.54 Å². The molecule has 0 saturated carbocycles. The van der Waals surface area contributed by atoms with Crippen molar-refractivity contribution in [3.05, 3.63) is 135 Å². The summed E-state index contributed by atoms with van der Waals surface area (Å²) in [5.74, 6) is -2.78. The molecule has 0 bridgehead atoms. The van der Waals surface area contributed by atoms with Crippen molar-refractivity contribution >= 4 is 45.8 Å². The number of carboxylic acid groups (broad SMARTS) is 1. The molecule has 45 heavy (non-hydrogen) atoms. The first-order chi connectivity index (χ1) is 21.7. The van der Waals surface area contributed by atoms with E-state index in [2.05, 4.69) is 10.2 Å². The Balaban J connectivity index is 1.17. The van der Waals surface area contributed by atoms with Crippen molar-refractivity contribution in [2.24, 2.45) is 0 Å². The average molecular weight is 629 g/mol. The van der Waals surface area contributed by atoms with Crippen molar-refractivity contribution in [1.29, 1.82) is 0 Å². The predicted molar refractivity (Wildman–Crippen MR) is 170 cm³/mol. The maximum absolute atomic E-state index is 15.5. The van der Waals surface area contributed by atoms with E-state index in [1.165, 1.54) is 35.0 Å². The van der Waals surface area contributed by atoms with Gasteiger partial charge in [-0.1, -0.05) is 29.8 Å². The second-order valence-electron chi connectivity index (χ2n) is 10.8. The first-order valence-corrected chi connectivity index (χ1v) is 14.6. The average Bonchev–Trinajstić information content (AvgIpc) is 3.02. The Bertz CT molecular complexity index is 1970. The van der Waals surface area contributed by atoms with Crippen LogP contribution in [0.3, 0.4) is 0 Å². The van der Waals surface area contributed by atoms with E-state index in [0.717, 1.165) is 11.6 Å². The Morgan fingerprint density at radius 1 is 0.889 bits per heavy atom. The summed E-state index contributed by atoms with van der Waals surface area (Å²) in [5, 5.41) is 12.9. The zero-order valence-corrected chi connectivity index (χ0v) is 24.6. The Labute approximate surface area is 261 Å². The van der Waals surface area contributed by atoms with Crippen LogP contribution in [0.2, 0.25) is 5.02 Å². The van der Waals surface area contributed by atoms with Crippen LogP contribution in [-0.2, 0) is 6.54 Å². The van der Waals surface area contributed by atoms with Gasteiger partial charge in [-0.15, -0.1) is 0 Å². The lowest BCUT2D eigenvalue weighted by molar-refractivity contribution is 0.0694. The predicted octanol–water partition coefficient (Wildman–Crippen LogP) is 6.20. The van der Waals surface area contributed by atoms with E-state index in [4.69, 9.17) is 11.6 Å². The number of nitrogens with zero attached hydrogens (tertiary/aromatic N) is 3. The number of benzene rings is 4. The molecule has 0 unspecified atom stereocenters. The normalized spacial score (nSPS) is 13.6. The lowest BCUT2D eigenvalue weighted by atomic mass is 10.1. The third-order valence-electron chi connectivity index (χ3n) is 7.83. The molecule has 1 amide bonds. The molecular weight excluding hydrogens is 602 g/mol. The molecule has 5 aromatic rings. The fraction of sp³-hybridized carbons (Fsp3) is 0.147. The zero-order chi connectivity index (χ0) is 31.7. The van der Waals surface area contributed by atoms with Gasteiger partial charge in [0.1, 0.15) is 17.2 Å². The van der Waals surface area contributed by atoms with Gasteiger partial charge in [0.15, 0.2) is 0 Å². The molecule has 0 spiro atoms. The highest BCUT2D eigenvalue weighted by Crippen LogP contribution is 2.28. The quantitative estimate of drug-likeness (QED) is 0.223. The number of nitrogens with one attached hydrogen (secondary N) is 1. The topological polar surface area (TPSA) is 94.9 Å². The number of pyridine rings is 1. The van der Waals surface area contributed by atoms with E-state index in [1.54, 1.807) is 42.5 Å². The minimum absolute atomic E-state index is 0.0798. The van der Waals surface area contributed by atoms with Crippen molar-refractivity contribution in [3.63, 3.8) is 0 Å². The number of amides is 1. The number of piperazine rings is 1. The van der Waals surface area contributed by atoms with Gasteiger partial charge in [0.2, 0.25) is 5.43 Å². The van der Waals surface area contributed by atoms with Gasteiger partial charge in [-0.05, 0) is 72.3 Å². The molecule has 2 N–H and O–H groups in total. The van der Waals surface area contributed by atoms with E-state index in [9.17, 15) is 23.9 Å².